The van der Waals surface area contributed by atoms with Crippen molar-refractivity contribution < 1.29 is 24.0 Å². The van der Waals surface area contributed by atoms with Gasteiger partial charge < -0.3 is 4.74 Å². The number of imide groups is 1. The number of fused-ring (bicyclic) bond motifs is 1. The molecule has 9 heteroatoms. The summed E-state index contributed by atoms with van der Waals surface area (Å²) in [5.41, 5.74) is 2.43. The monoisotopic (exact) mass is 496 g/mol. The van der Waals surface area contributed by atoms with Crippen molar-refractivity contribution in [2.75, 3.05) is 17.1 Å². The molecule has 0 spiro atoms. The highest BCUT2D eigenvalue weighted by Crippen LogP contribution is 2.49. The van der Waals surface area contributed by atoms with Crippen molar-refractivity contribution in [1.29, 1.82) is 0 Å². The van der Waals surface area contributed by atoms with Crippen LogP contribution in [0.4, 0.5) is 10.7 Å². The molecular weight excluding hydrogens is 476 g/mol. The van der Waals surface area contributed by atoms with Crippen molar-refractivity contribution in [2.24, 2.45) is 5.92 Å². The molecule has 0 saturated carbocycles. The molecule has 2 aliphatic heterocycles. The summed E-state index contributed by atoms with van der Waals surface area (Å²) in [6.45, 7) is 3.62. The molecule has 2 aromatic carbocycles. The number of carbonyl (C=O) groups is 3. The maximum absolute atomic E-state index is 13.8. The highest BCUT2D eigenvalue weighted by molar-refractivity contribution is 7.17. The summed E-state index contributed by atoms with van der Waals surface area (Å²) in [4.78, 5) is 48.0. The molecule has 174 valence electrons. The van der Waals surface area contributed by atoms with Crippen molar-refractivity contribution in [2.45, 2.75) is 26.0 Å². The Morgan fingerprint density at radius 1 is 1.03 bits per heavy atom. The predicted molar refractivity (Wildman–Crippen MR) is 129 cm³/mol. The van der Waals surface area contributed by atoms with Gasteiger partial charge >= 0.3 is 5.97 Å². The number of ether oxygens (including phenoxy) is 1. The summed E-state index contributed by atoms with van der Waals surface area (Å²) < 4.78 is 4.94. The molecule has 0 bridgehead atoms. The number of thiophene rings is 1. The van der Waals surface area contributed by atoms with Crippen molar-refractivity contribution in [3.8, 4) is 0 Å². The van der Waals surface area contributed by atoms with Crippen molar-refractivity contribution >= 4 is 51.4 Å². The average Bonchev–Trinajstić information content (AvgIpc) is 3.45. The molecule has 34 heavy (non-hydrogen) atoms. The minimum Gasteiger partial charge on any atom is -0.465 e. The number of hydrogen-bond acceptors (Lipinski definition) is 7. The van der Waals surface area contributed by atoms with Crippen LogP contribution >= 0.6 is 22.9 Å². The first-order chi connectivity index (χ1) is 16.3. The highest BCUT2D eigenvalue weighted by atomic mass is 35.5. The van der Waals surface area contributed by atoms with Crippen LogP contribution in [0.3, 0.4) is 0 Å². The zero-order valence-corrected chi connectivity index (χ0v) is 20.2. The molecule has 2 saturated heterocycles. The normalized spacial score (nSPS) is 21.8. The van der Waals surface area contributed by atoms with Crippen LogP contribution < -0.4 is 9.96 Å². The topological polar surface area (TPSA) is 76.2 Å². The van der Waals surface area contributed by atoms with E-state index in [1.807, 2.05) is 37.3 Å². The molecule has 5 rings (SSSR count). The lowest BCUT2D eigenvalue weighted by Gasteiger charge is -2.28. The summed E-state index contributed by atoms with van der Waals surface area (Å²) in [7, 11) is 1.28. The van der Waals surface area contributed by atoms with E-state index in [-0.39, 0.29) is 10.6 Å². The summed E-state index contributed by atoms with van der Waals surface area (Å²) in [6, 6.07) is 15.9. The number of esters is 1. The van der Waals surface area contributed by atoms with Gasteiger partial charge in [0.2, 0.25) is 5.91 Å². The molecule has 3 atom stereocenters. The summed E-state index contributed by atoms with van der Waals surface area (Å²) in [5.74, 6) is -2.29. The Bertz CT molecular complexity index is 1290. The first kappa shape index (κ1) is 22.6. The van der Waals surface area contributed by atoms with Crippen molar-refractivity contribution in [3.05, 3.63) is 81.2 Å². The third kappa shape index (κ3) is 3.41. The maximum Gasteiger partial charge on any atom is 0.341 e. The van der Waals surface area contributed by atoms with E-state index in [1.54, 1.807) is 36.3 Å². The smallest absolute Gasteiger partial charge is 0.341 e. The SMILES string of the molecule is COC(=O)c1c(N2C(=O)[C@@H]3[C@H](ON(c4ccc(Cl)cc4)[C@@H]3c3ccccc3)C2=O)sc(C)c1C. The number of nitrogens with zero attached hydrogens (tertiary/aromatic N) is 2. The van der Waals surface area contributed by atoms with E-state index in [0.717, 1.165) is 15.3 Å². The number of hydroxylamine groups is 1. The molecule has 7 nitrogen and oxygen atoms in total. The number of methoxy groups -OCH3 is 1. The van der Waals surface area contributed by atoms with Crippen LogP contribution in [0.2, 0.25) is 5.02 Å². The largest absolute Gasteiger partial charge is 0.465 e. The van der Waals surface area contributed by atoms with Gasteiger partial charge in [-0.3, -0.25) is 14.4 Å². The van der Waals surface area contributed by atoms with E-state index < -0.39 is 35.8 Å². The highest BCUT2D eigenvalue weighted by Gasteiger charge is 2.61. The molecule has 0 aliphatic carbocycles. The maximum atomic E-state index is 13.8. The lowest BCUT2D eigenvalue weighted by molar-refractivity contribution is -0.126. The van der Waals surface area contributed by atoms with E-state index in [4.69, 9.17) is 21.2 Å². The van der Waals surface area contributed by atoms with Gasteiger partial charge in [-0.2, -0.15) is 0 Å². The van der Waals surface area contributed by atoms with Crippen LogP contribution in [0.5, 0.6) is 0 Å². The minimum absolute atomic E-state index is 0.234. The lowest BCUT2D eigenvalue weighted by atomic mass is 9.90. The van der Waals surface area contributed by atoms with Crippen LogP contribution in [-0.2, 0) is 19.2 Å². The quantitative estimate of drug-likeness (QED) is 0.379. The summed E-state index contributed by atoms with van der Waals surface area (Å²) in [5, 5.41) is 2.46. The molecule has 2 aliphatic rings. The molecule has 1 aromatic heterocycles. The molecule has 0 unspecified atom stereocenters. The number of benzene rings is 2. The van der Waals surface area contributed by atoms with E-state index in [2.05, 4.69) is 0 Å². The van der Waals surface area contributed by atoms with Crippen molar-refractivity contribution in [3.63, 3.8) is 0 Å². The molecule has 0 N–H and O–H groups in total. The van der Waals surface area contributed by atoms with E-state index in [1.165, 1.54) is 18.4 Å². The summed E-state index contributed by atoms with van der Waals surface area (Å²) >= 11 is 7.28. The van der Waals surface area contributed by atoms with Gasteiger partial charge in [-0.1, -0.05) is 41.9 Å². The van der Waals surface area contributed by atoms with Crippen LogP contribution in [0.25, 0.3) is 0 Å². The number of aryl methyl sites for hydroxylation is 1. The first-order valence-corrected chi connectivity index (χ1v) is 11.9. The van der Waals surface area contributed by atoms with Crippen molar-refractivity contribution in [1.82, 2.24) is 0 Å². The standard InChI is InChI=1S/C25H21ClN2O5S/c1-13-14(2)34-24(18(13)25(31)32-3)27-22(29)19-20(15-7-5-4-6-8-15)28(33-21(19)23(27)30)17-11-9-16(26)10-12-17/h4-12,19-21H,1-3H3/t19-,20+,21-/m0/s1. The van der Waals surface area contributed by atoms with E-state index in [9.17, 15) is 14.4 Å². The second kappa shape index (κ2) is 8.54. The van der Waals surface area contributed by atoms with Gasteiger partial charge in [-0.25, -0.2) is 14.8 Å². The fourth-order valence-electron chi connectivity index (χ4n) is 4.52. The van der Waals surface area contributed by atoms with Crippen LogP contribution in [0.15, 0.2) is 54.6 Å². The Morgan fingerprint density at radius 3 is 2.35 bits per heavy atom. The molecule has 0 radical (unpaired) electrons. The third-order valence-corrected chi connectivity index (χ3v) is 7.74. The first-order valence-electron chi connectivity index (χ1n) is 10.7. The third-order valence-electron chi connectivity index (χ3n) is 6.30. The molecular formula is C25H21ClN2O5S. The van der Waals surface area contributed by atoms with Gasteiger partial charge in [0.25, 0.3) is 5.91 Å². The van der Waals surface area contributed by atoms with Gasteiger partial charge in [0.1, 0.15) is 10.9 Å². The molecule has 3 aromatic rings. The number of amides is 2. The number of rotatable bonds is 4. The number of hydrogen-bond donors (Lipinski definition) is 0. The van der Waals surface area contributed by atoms with Gasteiger partial charge in [0.15, 0.2) is 6.10 Å². The second-order valence-electron chi connectivity index (χ2n) is 8.18. The number of carbonyl (C=O) groups excluding carboxylic acids is 3. The zero-order chi connectivity index (χ0) is 24.1. The Kier molecular flexibility index (Phi) is 5.67. The van der Waals surface area contributed by atoms with Crippen LogP contribution in [0, 0.1) is 19.8 Å². The van der Waals surface area contributed by atoms with E-state index >= 15 is 0 Å². The van der Waals surface area contributed by atoms with Crippen LogP contribution in [-0.4, -0.2) is 31.0 Å². The Morgan fingerprint density at radius 2 is 1.71 bits per heavy atom. The minimum atomic E-state index is -1.03. The fraction of sp³-hybridized carbons (Fsp3) is 0.240. The Labute approximate surface area is 205 Å². The van der Waals surface area contributed by atoms with Gasteiger partial charge in [-0.15, -0.1) is 11.3 Å². The number of anilines is 2. The fourth-order valence-corrected chi connectivity index (χ4v) is 5.81. The number of halogens is 1. The van der Waals surface area contributed by atoms with E-state index in [0.29, 0.717) is 16.3 Å². The summed E-state index contributed by atoms with van der Waals surface area (Å²) in [6.07, 6.45) is -1.03. The average molecular weight is 497 g/mol. The predicted octanol–water partition coefficient (Wildman–Crippen LogP) is 4.86. The van der Waals surface area contributed by atoms with Gasteiger partial charge in [-0.05, 0) is 49.2 Å². The molecule has 3 heterocycles. The van der Waals surface area contributed by atoms with Crippen LogP contribution in [0.1, 0.15) is 32.4 Å². The molecule has 2 fully saturated rings. The molecule has 2 amide bonds. The zero-order valence-electron chi connectivity index (χ0n) is 18.7. The Balaban J connectivity index is 1.60. The second-order valence-corrected chi connectivity index (χ2v) is 9.82. The Hall–Kier alpha value is -3.20. The lowest BCUT2D eigenvalue weighted by Crippen LogP contribution is -2.37. The van der Waals surface area contributed by atoms with Gasteiger partial charge in [0.05, 0.1) is 24.4 Å². The van der Waals surface area contributed by atoms with Gasteiger partial charge in [0, 0.05) is 9.90 Å².